The Morgan fingerprint density at radius 3 is 2.67 bits per heavy atom. The minimum Gasteiger partial charge on any atom is -0.338 e. The summed E-state index contributed by atoms with van der Waals surface area (Å²) in [5.41, 5.74) is -0.00239. The molecule has 0 aliphatic carbocycles. The number of aryl methyl sites for hydroxylation is 1. The summed E-state index contributed by atoms with van der Waals surface area (Å²) in [5, 5.41) is 3.22. The van der Waals surface area contributed by atoms with Gasteiger partial charge >= 0.3 is 6.18 Å². The van der Waals surface area contributed by atoms with Crippen LogP contribution in [-0.4, -0.2) is 16.1 Å². The average Bonchev–Trinajstić information content (AvgIpc) is 2.83. The van der Waals surface area contributed by atoms with Crippen molar-refractivity contribution in [2.75, 3.05) is 6.54 Å². The van der Waals surface area contributed by atoms with Gasteiger partial charge in [0.15, 0.2) is 0 Å². The molecule has 0 amide bonds. The largest absolute Gasteiger partial charge is 0.416 e. The molecule has 0 radical (unpaired) electrons. The first-order valence-corrected chi connectivity index (χ1v) is 6.78. The second-order valence-corrected chi connectivity index (χ2v) is 4.89. The second-order valence-electron chi connectivity index (χ2n) is 4.89. The average molecular weight is 297 g/mol. The van der Waals surface area contributed by atoms with Crippen LogP contribution in [0, 0.1) is 0 Å². The number of nitrogens with one attached hydrogen (secondary N) is 1. The number of hydrogen-bond donors (Lipinski definition) is 1. The van der Waals surface area contributed by atoms with Gasteiger partial charge in [-0.25, -0.2) is 4.98 Å². The summed E-state index contributed by atoms with van der Waals surface area (Å²) < 4.78 is 40.3. The topological polar surface area (TPSA) is 29.9 Å². The second kappa shape index (κ2) is 6.30. The first-order chi connectivity index (χ1) is 9.91. The molecule has 1 aromatic carbocycles. The first kappa shape index (κ1) is 15.6. The Balaban J connectivity index is 2.28. The zero-order chi connectivity index (χ0) is 15.5. The number of aromatic nitrogens is 2. The van der Waals surface area contributed by atoms with E-state index in [-0.39, 0.29) is 6.04 Å². The quantitative estimate of drug-likeness (QED) is 0.917. The van der Waals surface area contributed by atoms with Crippen molar-refractivity contribution in [3.05, 3.63) is 53.6 Å². The van der Waals surface area contributed by atoms with E-state index < -0.39 is 11.7 Å². The van der Waals surface area contributed by atoms with E-state index in [0.29, 0.717) is 18.5 Å². The highest BCUT2D eigenvalue weighted by molar-refractivity contribution is 5.28. The molecule has 1 heterocycles. The van der Waals surface area contributed by atoms with Gasteiger partial charge in [0.05, 0.1) is 5.56 Å². The highest BCUT2D eigenvalue weighted by atomic mass is 19.4. The van der Waals surface area contributed by atoms with Crippen LogP contribution in [0.5, 0.6) is 0 Å². The van der Waals surface area contributed by atoms with Crippen molar-refractivity contribution in [3.63, 3.8) is 0 Å². The molecular formula is C15H18F3N3. The van der Waals surface area contributed by atoms with Crippen molar-refractivity contribution in [1.29, 1.82) is 0 Å². The Labute approximate surface area is 121 Å². The van der Waals surface area contributed by atoms with E-state index in [4.69, 9.17) is 0 Å². The van der Waals surface area contributed by atoms with Gasteiger partial charge in [-0.15, -0.1) is 0 Å². The third kappa shape index (κ3) is 3.85. The van der Waals surface area contributed by atoms with E-state index in [2.05, 4.69) is 10.3 Å². The fourth-order valence-corrected chi connectivity index (χ4v) is 2.26. The predicted molar refractivity (Wildman–Crippen MR) is 74.8 cm³/mol. The number of nitrogens with zero attached hydrogens (tertiary/aromatic N) is 2. The zero-order valence-electron chi connectivity index (χ0n) is 12.0. The fraction of sp³-hybridized carbons (Fsp3) is 0.400. The van der Waals surface area contributed by atoms with Crippen molar-refractivity contribution >= 4 is 0 Å². The molecule has 0 spiro atoms. The van der Waals surface area contributed by atoms with Crippen molar-refractivity contribution in [1.82, 2.24) is 14.9 Å². The standard InChI is InChI=1S/C15H18F3N3/c1-3-19-13(10-14-20-7-8-21(14)2)11-5-4-6-12(9-11)15(16,17)18/h4-9,13,19H,3,10H2,1-2H3. The summed E-state index contributed by atoms with van der Waals surface area (Å²) in [4.78, 5) is 4.24. The SMILES string of the molecule is CCNC(Cc1nccn1C)c1cccc(C(F)(F)F)c1. The van der Waals surface area contributed by atoms with Crippen LogP contribution in [0.1, 0.15) is 29.9 Å². The molecular weight excluding hydrogens is 279 g/mol. The predicted octanol–water partition coefficient (Wildman–Crippen LogP) is 3.33. The minimum atomic E-state index is -4.32. The summed E-state index contributed by atoms with van der Waals surface area (Å²) in [5.74, 6) is 0.832. The first-order valence-electron chi connectivity index (χ1n) is 6.78. The third-order valence-electron chi connectivity index (χ3n) is 3.37. The Bertz CT molecular complexity index is 590. The summed E-state index contributed by atoms with van der Waals surface area (Å²) in [6.45, 7) is 2.60. The van der Waals surface area contributed by atoms with Gasteiger partial charge in [-0.1, -0.05) is 19.1 Å². The lowest BCUT2D eigenvalue weighted by Gasteiger charge is -2.19. The van der Waals surface area contributed by atoms with Gasteiger partial charge in [-0.05, 0) is 24.2 Å². The maximum atomic E-state index is 12.8. The monoisotopic (exact) mass is 297 g/mol. The molecule has 114 valence electrons. The molecule has 6 heteroatoms. The molecule has 0 fully saturated rings. The van der Waals surface area contributed by atoms with E-state index in [1.807, 2.05) is 24.7 Å². The summed E-state index contributed by atoms with van der Waals surface area (Å²) in [6.07, 6.45) is -0.274. The van der Waals surface area contributed by atoms with Gasteiger partial charge in [-0.3, -0.25) is 0 Å². The van der Waals surface area contributed by atoms with Crippen molar-refractivity contribution < 1.29 is 13.2 Å². The van der Waals surface area contributed by atoms with Crippen molar-refractivity contribution in [3.8, 4) is 0 Å². The number of alkyl halides is 3. The van der Waals surface area contributed by atoms with Gasteiger partial charge in [0.25, 0.3) is 0 Å². The Morgan fingerprint density at radius 2 is 2.10 bits per heavy atom. The number of likely N-dealkylation sites (N-methyl/N-ethyl adjacent to an activating group) is 1. The normalized spacial score (nSPS) is 13.4. The van der Waals surface area contributed by atoms with E-state index in [9.17, 15) is 13.2 Å². The van der Waals surface area contributed by atoms with Crippen LogP contribution in [0.2, 0.25) is 0 Å². The highest BCUT2D eigenvalue weighted by Gasteiger charge is 2.31. The number of benzene rings is 1. The Hall–Kier alpha value is -1.82. The smallest absolute Gasteiger partial charge is 0.338 e. The molecule has 0 aliphatic heterocycles. The lowest BCUT2D eigenvalue weighted by Crippen LogP contribution is -2.24. The van der Waals surface area contributed by atoms with Gasteiger partial charge in [0.2, 0.25) is 0 Å². The van der Waals surface area contributed by atoms with E-state index in [0.717, 1.165) is 11.9 Å². The number of hydrogen-bond acceptors (Lipinski definition) is 2. The van der Waals surface area contributed by atoms with Gasteiger partial charge in [0, 0.05) is 31.9 Å². The van der Waals surface area contributed by atoms with Crippen LogP contribution >= 0.6 is 0 Å². The van der Waals surface area contributed by atoms with Crippen LogP contribution in [-0.2, 0) is 19.6 Å². The van der Waals surface area contributed by atoms with E-state index >= 15 is 0 Å². The summed E-state index contributed by atoms with van der Waals surface area (Å²) in [7, 11) is 1.87. The molecule has 0 saturated heterocycles. The summed E-state index contributed by atoms with van der Waals surface area (Å²) >= 11 is 0. The van der Waals surface area contributed by atoms with Crippen molar-refractivity contribution in [2.24, 2.45) is 7.05 Å². The van der Waals surface area contributed by atoms with Crippen LogP contribution in [0.3, 0.4) is 0 Å². The van der Waals surface area contributed by atoms with Crippen molar-refractivity contribution in [2.45, 2.75) is 25.6 Å². The summed E-state index contributed by atoms with van der Waals surface area (Å²) in [6, 6.07) is 5.26. The van der Waals surface area contributed by atoms with Crippen LogP contribution in [0.25, 0.3) is 0 Å². The molecule has 3 nitrogen and oxygen atoms in total. The Morgan fingerprint density at radius 1 is 1.33 bits per heavy atom. The molecule has 2 rings (SSSR count). The molecule has 0 bridgehead atoms. The maximum absolute atomic E-state index is 12.8. The van der Waals surface area contributed by atoms with E-state index in [1.54, 1.807) is 12.3 Å². The zero-order valence-corrected chi connectivity index (χ0v) is 12.0. The molecule has 1 N–H and O–H groups in total. The molecule has 0 saturated carbocycles. The number of halogens is 3. The molecule has 1 aromatic heterocycles. The van der Waals surface area contributed by atoms with Crippen LogP contribution in [0.15, 0.2) is 36.7 Å². The number of rotatable bonds is 5. The van der Waals surface area contributed by atoms with Gasteiger partial charge < -0.3 is 9.88 Å². The van der Waals surface area contributed by atoms with Crippen LogP contribution in [0.4, 0.5) is 13.2 Å². The maximum Gasteiger partial charge on any atom is 0.416 e. The molecule has 2 aromatic rings. The highest BCUT2D eigenvalue weighted by Crippen LogP contribution is 2.31. The Kier molecular flexibility index (Phi) is 4.67. The third-order valence-corrected chi connectivity index (χ3v) is 3.37. The van der Waals surface area contributed by atoms with Crippen LogP contribution < -0.4 is 5.32 Å². The van der Waals surface area contributed by atoms with Gasteiger partial charge in [-0.2, -0.15) is 13.2 Å². The minimum absolute atomic E-state index is 0.196. The van der Waals surface area contributed by atoms with Gasteiger partial charge in [0.1, 0.15) is 5.82 Å². The lowest BCUT2D eigenvalue weighted by molar-refractivity contribution is -0.137. The molecule has 1 atom stereocenters. The molecule has 1 unspecified atom stereocenters. The number of imidazole rings is 1. The molecule has 0 aliphatic rings. The van der Waals surface area contributed by atoms with E-state index in [1.165, 1.54) is 12.1 Å². The lowest BCUT2D eigenvalue weighted by atomic mass is 10.0. The molecule has 21 heavy (non-hydrogen) atoms. The fourth-order valence-electron chi connectivity index (χ4n) is 2.26.